The fourth-order valence-electron chi connectivity index (χ4n) is 2.61. The predicted octanol–water partition coefficient (Wildman–Crippen LogP) is 4.14. The summed E-state index contributed by atoms with van der Waals surface area (Å²) in [5.74, 6) is 1.78. The number of fused-ring (bicyclic) bond motifs is 1. The summed E-state index contributed by atoms with van der Waals surface area (Å²) in [6, 6.07) is 14.4. The lowest BCUT2D eigenvalue weighted by molar-refractivity contribution is 0.408. The molecule has 108 valence electrons. The molecule has 1 N–H and O–H groups in total. The van der Waals surface area contributed by atoms with Crippen LogP contribution in [0.5, 0.6) is 5.75 Å². The molecule has 0 fully saturated rings. The monoisotopic (exact) mass is 281 g/mol. The van der Waals surface area contributed by atoms with Gasteiger partial charge in [-0.3, -0.25) is 0 Å². The predicted molar refractivity (Wildman–Crippen MR) is 85.7 cm³/mol. The highest BCUT2D eigenvalue weighted by Gasteiger charge is 2.10. The second kappa shape index (κ2) is 5.62. The summed E-state index contributed by atoms with van der Waals surface area (Å²) in [7, 11) is 3.62. The van der Waals surface area contributed by atoms with E-state index < -0.39 is 0 Å². The van der Waals surface area contributed by atoms with E-state index in [1.807, 2.05) is 19.2 Å². The molecule has 0 aliphatic carbocycles. The van der Waals surface area contributed by atoms with E-state index in [1.165, 1.54) is 0 Å². The third kappa shape index (κ3) is 2.52. The number of nitrogens with one attached hydrogen (secondary N) is 1. The van der Waals surface area contributed by atoms with Gasteiger partial charge in [0.2, 0.25) is 0 Å². The molecule has 1 heterocycles. The Kier molecular flexibility index (Phi) is 3.67. The lowest BCUT2D eigenvalue weighted by Crippen LogP contribution is -2.06. The van der Waals surface area contributed by atoms with E-state index >= 15 is 0 Å². The summed E-state index contributed by atoms with van der Waals surface area (Å²) < 4.78 is 11.4. The van der Waals surface area contributed by atoms with Gasteiger partial charge >= 0.3 is 0 Å². The topological polar surface area (TPSA) is 34.4 Å². The van der Waals surface area contributed by atoms with Crippen LogP contribution >= 0.6 is 0 Å². The van der Waals surface area contributed by atoms with E-state index in [-0.39, 0.29) is 0 Å². The number of aryl methyl sites for hydroxylation is 1. The van der Waals surface area contributed by atoms with Gasteiger partial charge in [-0.05, 0) is 43.8 Å². The minimum atomic E-state index is 0.760. The maximum atomic E-state index is 6.03. The Balaban J connectivity index is 2.09. The van der Waals surface area contributed by atoms with Crippen LogP contribution in [0, 0.1) is 6.92 Å². The summed E-state index contributed by atoms with van der Waals surface area (Å²) in [5.41, 5.74) is 4.30. The molecule has 3 nitrogen and oxygen atoms in total. The van der Waals surface area contributed by atoms with Crippen LogP contribution in [0.4, 0.5) is 0 Å². The minimum Gasteiger partial charge on any atom is -0.496 e. The van der Waals surface area contributed by atoms with Crippen LogP contribution in [0.2, 0.25) is 0 Å². The first-order valence-electron chi connectivity index (χ1n) is 7.04. The highest BCUT2D eigenvalue weighted by molar-refractivity contribution is 5.85. The highest BCUT2D eigenvalue weighted by Crippen LogP contribution is 2.32. The first-order chi connectivity index (χ1) is 10.2. The molecule has 0 bridgehead atoms. The largest absolute Gasteiger partial charge is 0.496 e. The van der Waals surface area contributed by atoms with Gasteiger partial charge < -0.3 is 14.5 Å². The van der Waals surface area contributed by atoms with E-state index in [1.54, 1.807) is 7.11 Å². The van der Waals surface area contributed by atoms with Crippen molar-refractivity contribution in [2.45, 2.75) is 13.5 Å². The molecule has 3 heteroatoms. The molecule has 1 aromatic heterocycles. The van der Waals surface area contributed by atoms with E-state index in [0.29, 0.717) is 0 Å². The highest BCUT2D eigenvalue weighted by atomic mass is 16.5. The molecule has 0 saturated carbocycles. The molecule has 0 unspecified atom stereocenters. The van der Waals surface area contributed by atoms with Gasteiger partial charge in [0.1, 0.15) is 17.1 Å². The number of methoxy groups -OCH3 is 1. The lowest BCUT2D eigenvalue weighted by Gasteiger charge is -2.09. The Morgan fingerprint density at radius 3 is 2.71 bits per heavy atom. The minimum absolute atomic E-state index is 0.760. The maximum Gasteiger partial charge on any atom is 0.137 e. The van der Waals surface area contributed by atoms with Crippen molar-refractivity contribution >= 4 is 11.0 Å². The van der Waals surface area contributed by atoms with Crippen molar-refractivity contribution in [2.75, 3.05) is 14.2 Å². The van der Waals surface area contributed by atoms with Crippen LogP contribution in [0.3, 0.4) is 0 Å². The summed E-state index contributed by atoms with van der Waals surface area (Å²) in [6.07, 6.45) is 0. The molecular formula is C18H19NO2. The van der Waals surface area contributed by atoms with Crippen molar-refractivity contribution in [3.05, 3.63) is 53.6 Å². The molecule has 0 atom stereocenters. The number of hydrogen-bond donors (Lipinski definition) is 1. The lowest BCUT2D eigenvalue weighted by atomic mass is 10.1. The number of para-hydroxylation sites is 1. The Hall–Kier alpha value is -2.26. The second-order valence-corrected chi connectivity index (χ2v) is 5.16. The molecule has 21 heavy (non-hydrogen) atoms. The zero-order valence-electron chi connectivity index (χ0n) is 12.6. The number of hydrogen-bond acceptors (Lipinski definition) is 3. The maximum absolute atomic E-state index is 6.03. The van der Waals surface area contributed by atoms with Gasteiger partial charge in [0, 0.05) is 23.1 Å². The molecule has 0 aliphatic heterocycles. The normalized spacial score (nSPS) is 11.0. The van der Waals surface area contributed by atoms with Crippen molar-refractivity contribution in [1.82, 2.24) is 5.32 Å². The van der Waals surface area contributed by atoms with Crippen LogP contribution in [0.15, 0.2) is 46.9 Å². The molecular weight excluding hydrogens is 262 g/mol. The zero-order valence-corrected chi connectivity index (χ0v) is 12.6. The van der Waals surface area contributed by atoms with Gasteiger partial charge in [-0.1, -0.05) is 18.2 Å². The second-order valence-electron chi connectivity index (χ2n) is 5.16. The van der Waals surface area contributed by atoms with Crippen LogP contribution < -0.4 is 10.1 Å². The average Bonchev–Trinajstić information content (AvgIpc) is 2.93. The van der Waals surface area contributed by atoms with Crippen LogP contribution in [-0.2, 0) is 6.54 Å². The molecule has 0 saturated heterocycles. The molecule has 0 aliphatic rings. The van der Waals surface area contributed by atoms with Crippen molar-refractivity contribution in [2.24, 2.45) is 0 Å². The van der Waals surface area contributed by atoms with Gasteiger partial charge in [-0.25, -0.2) is 0 Å². The first kappa shape index (κ1) is 13.7. The van der Waals surface area contributed by atoms with Gasteiger partial charge in [0.15, 0.2) is 0 Å². The van der Waals surface area contributed by atoms with Crippen molar-refractivity contribution in [3.63, 3.8) is 0 Å². The Bertz CT molecular complexity index is 774. The SMILES string of the molecule is CNCc1cc(-c2cc3cccc(C)c3o2)ccc1OC. The summed E-state index contributed by atoms with van der Waals surface area (Å²) >= 11 is 0. The molecule has 3 aromatic rings. The third-order valence-electron chi connectivity index (χ3n) is 3.67. The zero-order chi connectivity index (χ0) is 14.8. The fraction of sp³-hybridized carbons (Fsp3) is 0.222. The summed E-state index contributed by atoms with van der Waals surface area (Å²) in [4.78, 5) is 0. The smallest absolute Gasteiger partial charge is 0.137 e. The number of furan rings is 1. The van der Waals surface area contributed by atoms with Crippen molar-refractivity contribution < 1.29 is 9.15 Å². The summed E-state index contributed by atoms with van der Waals surface area (Å²) in [5, 5.41) is 4.30. The van der Waals surface area contributed by atoms with Crippen molar-refractivity contribution in [3.8, 4) is 17.1 Å². The Morgan fingerprint density at radius 2 is 2.00 bits per heavy atom. The average molecular weight is 281 g/mol. The van der Waals surface area contributed by atoms with E-state index in [9.17, 15) is 0 Å². The third-order valence-corrected chi connectivity index (χ3v) is 3.67. The van der Waals surface area contributed by atoms with Crippen molar-refractivity contribution in [1.29, 1.82) is 0 Å². The number of ether oxygens (including phenoxy) is 1. The van der Waals surface area contributed by atoms with Crippen LogP contribution in [-0.4, -0.2) is 14.2 Å². The van der Waals surface area contributed by atoms with Crippen LogP contribution in [0.25, 0.3) is 22.3 Å². The quantitative estimate of drug-likeness (QED) is 0.780. The van der Waals surface area contributed by atoms with Gasteiger partial charge in [-0.15, -0.1) is 0 Å². The fourth-order valence-corrected chi connectivity index (χ4v) is 2.61. The van der Waals surface area contributed by atoms with Crippen LogP contribution in [0.1, 0.15) is 11.1 Å². The molecule has 2 aromatic carbocycles. The summed E-state index contributed by atoms with van der Waals surface area (Å²) in [6.45, 7) is 2.83. The first-order valence-corrected chi connectivity index (χ1v) is 7.04. The number of benzene rings is 2. The van der Waals surface area contributed by atoms with Gasteiger partial charge in [0.25, 0.3) is 0 Å². The number of rotatable bonds is 4. The Labute approximate surface area is 124 Å². The Morgan fingerprint density at radius 1 is 1.14 bits per heavy atom. The molecule has 0 radical (unpaired) electrons. The molecule has 3 rings (SSSR count). The van der Waals surface area contributed by atoms with Gasteiger partial charge in [0.05, 0.1) is 7.11 Å². The van der Waals surface area contributed by atoms with E-state index in [4.69, 9.17) is 9.15 Å². The van der Waals surface area contributed by atoms with Gasteiger partial charge in [-0.2, -0.15) is 0 Å². The standard InChI is InChI=1S/C18H19NO2/c1-12-5-4-6-14-10-17(21-18(12)14)13-7-8-16(20-3)15(9-13)11-19-2/h4-10,19H,11H2,1-3H3. The molecule has 0 spiro atoms. The van der Waals surface area contributed by atoms with E-state index in [0.717, 1.165) is 45.7 Å². The molecule has 0 amide bonds. The van der Waals surface area contributed by atoms with E-state index in [2.05, 4.69) is 42.6 Å².